The summed E-state index contributed by atoms with van der Waals surface area (Å²) in [6.45, 7) is 0.341. The Kier molecular flexibility index (Phi) is 5.52. The lowest BCUT2D eigenvalue weighted by atomic mass is 10.00. The summed E-state index contributed by atoms with van der Waals surface area (Å²) in [7, 11) is 1.33. The summed E-state index contributed by atoms with van der Waals surface area (Å²) in [4.78, 5) is 23.4. The van der Waals surface area contributed by atoms with Gasteiger partial charge >= 0.3 is 5.97 Å². The number of hydrogen-bond donors (Lipinski definition) is 1. The van der Waals surface area contributed by atoms with Crippen molar-refractivity contribution < 1.29 is 19.1 Å². The van der Waals surface area contributed by atoms with Crippen LogP contribution in [0, 0.1) is 0 Å². The van der Waals surface area contributed by atoms with Gasteiger partial charge in [-0.25, -0.2) is 4.79 Å². The lowest BCUT2D eigenvalue weighted by Crippen LogP contribution is -2.10. The highest BCUT2D eigenvalue weighted by atomic mass is 16.5. The molecule has 0 unspecified atom stereocenters. The number of carbonyl (C=O) groups excluding carboxylic acids is 2. The Balaban J connectivity index is 2.00. The van der Waals surface area contributed by atoms with E-state index in [4.69, 9.17) is 15.2 Å². The van der Waals surface area contributed by atoms with Gasteiger partial charge in [-0.05, 0) is 41.5 Å². The molecular weight excluding hydrogens is 342 g/mol. The van der Waals surface area contributed by atoms with Gasteiger partial charge in [0.1, 0.15) is 12.4 Å². The van der Waals surface area contributed by atoms with E-state index in [1.54, 1.807) is 36.4 Å². The lowest BCUT2D eigenvalue weighted by molar-refractivity contribution is 0.0600. The van der Waals surface area contributed by atoms with Gasteiger partial charge in [-0.1, -0.05) is 42.5 Å². The number of ether oxygens (including phenoxy) is 2. The normalized spacial score (nSPS) is 10.3. The summed E-state index contributed by atoms with van der Waals surface area (Å²) in [5, 5.41) is 0. The van der Waals surface area contributed by atoms with Gasteiger partial charge in [-0.15, -0.1) is 0 Å². The lowest BCUT2D eigenvalue weighted by Gasteiger charge is -2.14. The molecule has 3 rings (SSSR count). The van der Waals surface area contributed by atoms with Crippen molar-refractivity contribution >= 4 is 11.9 Å². The van der Waals surface area contributed by atoms with Gasteiger partial charge in [0.2, 0.25) is 5.91 Å². The van der Waals surface area contributed by atoms with Crippen LogP contribution in [0.25, 0.3) is 11.1 Å². The number of benzene rings is 3. The molecule has 0 aliphatic carbocycles. The molecular formula is C22H19NO4. The van der Waals surface area contributed by atoms with Crippen LogP contribution in [-0.2, 0) is 11.3 Å². The van der Waals surface area contributed by atoms with Crippen LogP contribution in [0.2, 0.25) is 0 Å². The van der Waals surface area contributed by atoms with E-state index >= 15 is 0 Å². The van der Waals surface area contributed by atoms with Gasteiger partial charge in [0.15, 0.2) is 0 Å². The highest BCUT2D eigenvalue weighted by molar-refractivity contribution is 5.95. The van der Waals surface area contributed by atoms with Crippen molar-refractivity contribution in [2.75, 3.05) is 7.11 Å². The monoisotopic (exact) mass is 361 g/mol. The van der Waals surface area contributed by atoms with Crippen LogP contribution in [0.1, 0.15) is 26.3 Å². The quantitative estimate of drug-likeness (QED) is 0.677. The molecule has 1 amide bonds. The summed E-state index contributed by atoms with van der Waals surface area (Å²) in [6.07, 6.45) is 0. The highest BCUT2D eigenvalue weighted by Crippen LogP contribution is 2.32. The first-order valence-corrected chi connectivity index (χ1v) is 8.38. The minimum Gasteiger partial charge on any atom is -0.488 e. The Morgan fingerprint density at radius 1 is 0.889 bits per heavy atom. The van der Waals surface area contributed by atoms with Gasteiger partial charge in [0.25, 0.3) is 0 Å². The molecule has 0 saturated heterocycles. The number of methoxy groups -OCH3 is 1. The highest BCUT2D eigenvalue weighted by Gasteiger charge is 2.14. The molecule has 0 saturated carbocycles. The smallest absolute Gasteiger partial charge is 0.337 e. The van der Waals surface area contributed by atoms with Crippen molar-refractivity contribution in [2.24, 2.45) is 5.73 Å². The fourth-order valence-corrected chi connectivity index (χ4v) is 2.70. The summed E-state index contributed by atoms with van der Waals surface area (Å²) in [6, 6.07) is 21.7. The zero-order chi connectivity index (χ0) is 19.2. The van der Waals surface area contributed by atoms with Gasteiger partial charge in [-0.2, -0.15) is 0 Å². The summed E-state index contributed by atoms with van der Waals surface area (Å²) >= 11 is 0. The first-order valence-electron chi connectivity index (χ1n) is 8.38. The molecule has 0 aliphatic heterocycles. The van der Waals surface area contributed by atoms with Gasteiger partial charge in [0, 0.05) is 11.1 Å². The number of rotatable bonds is 6. The first-order chi connectivity index (χ1) is 13.1. The predicted octanol–water partition coefficient (Wildman–Crippen LogP) is 3.82. The van der Waals surface area contributed by atoms with E-state index in [-0.39, 0.29) is 0 Å². The number of amides is 1. The predicted molar refractivity (Wildman–Crippen MR) is 103 cm³/mol. The largest absolute Gasteiger partial charge is 0.488 e. The molecule has 0 bridgehead atoms. The van der Waals surface area contributed by atoms with Crippen LogP contribution >= 0.6 is 0 Å². The molecule has 0 spiro atoms. The van der Waals surface area contributed by atoms with E-state index in [9.17, 15) is 9.59 Å². The van der Waals surface area contributed by atoms with E-state index in [2.05, 4.69) is 0 Å². The number of nitrogens with two attached hydrogens (primary N) is 1. The van der Waals surface area contributed by atoms with Crippen molar-refractivity contribution in [3.05, 3.63) is 89.5 Å². The Bertz CT molecular complexity index is 967. The molecule has 0 fully saturated rings. The Morgan fingerprint density at radius 3 is 2.37 bits per heavy atom. The topological polar surface area (TPSA) is 78.6 Å². The summed E-state index contributed by atoms with van der Waals surface area (Å²) in [5.74, 6) is -0.435. The van der Waals surface area contributed by atoms with Crippen molar-refractivity contribution in [3.8, 4) is 16.9 Å². The molecule has 2 N–H and O–H groups in total. The molecule has 3 aromatic rings. The number of esters is 1. The third kappa shape index (κ3) is 4.33. The average molecular weight is 361 g/mol. The minimum atomic E-state index is -0.505. The number of hydrogen-bond acceptors (Lipinski definition) is 4. The zero-order valence-corrected chi connectivity index (χ0v) is 14.8. The molecule has 0 heterocycles. The van der Waals surface area contributed by atoms with E-state index in [1.807, 2.05) is 36.4 Å². The van der Waals surface area contributed by atoms with Crippen molar-refractivity contribution in [2.45, 2.75) is 6.61 Å². The van der Waals surface area contributed by atoms with Crippen LogP contribution in [-0.4, -0.2) is 19.0 Å². The van der Waals surface area contributed by atoms with Gasteiger partial charge < -0.3 is 15.2 Å². The fraction of sp³-hybridized carbons (Fsp3) is 0.0909. The molecule has 5 nitrogen and oxygen atoms in total. The molecule has 3 aromatic carbocycles. The van der Waals surface area contributed by atoms with E-state index < -0.39 is 11.9 Å². The first kappa shape index (κ1) is 18.2. The standard InChI is InChI=1S/C22H19NO4/c1-26-22(25)18-10-11-19(16-8-5-9-17(12-16)21(23)24)20(13-18)27-14-15-6-3-2-4-7-15/h2-13H,14H2,1H3,(H2,23,24). The molecule has 0 atom stereocenters. The van der Waals surface area contributed by atoms with E-state index in [0.717, 1.165) is 16.7 Å². The van der Waals surface area contributed by atoms with Crippen molar-refractivity contribution in [1.29, 1.82) is 0 Å². The molecule has 0 radical (unpaired) electrons. The number of carbonyl (C=O) groups is 2. The third-order valence-electron chi connectivity index (χ3n) is 4.10. The van der Waals surface area contributed by atoms with Crippen LogP contribution < -0.4 is 10.5 Å². The minimum absolute atomic E-state index is 0.341. The molecule has 0 aromatic heterocycles. The molecule has 27 heavy (non-hydrogen) atoms. The summed E-state index contributed by atoms with van der Waals surface area (Å²) in [5.41, 5.74) is 8.69. The van der Waals surface area contributed by atoms with Crippen LogP contribution in [0.3, 0.4) is 0 Å². The Hall–Kier alpha value is -3.60. The van der Waals surface area contributed by atoms with E-state index in [1.165, 1.54) is 7.11 Å². The molecule has 136 valence electrons. The Morgan fingerprint density at radius 2 is 1.67 bits per heavy atom. The van der Waals surface area contributed by atoms with Crippen molar-refractivity contribution in [3.63, 3.8) is 0 Å². The second-order valence-corrected chi connectivity index (χ2v) is 5.92. The molecule has 5 heteroatoms. The average Bonchev–Trinajstić information content (AvgIpc) is 2.72. The Labute approximate surface area is 157 Å². The zero-order valence-electron chi connectivity index (χ0n) is 14.8. The van der Waals surface area contributed by atoms with Gasteiger partial charge in [0.05, 0.1) is 12.7 Å². The van der Waals surface area contributed by atoms with Crippen LogP contribution in [0.15, 0.2) is 72.8 Å². The van der Waals surface area contributed by atoms with Crippen LogP contribution in [0.5, 0.6) is 5.75 Å². The van der Waals surface area contributed by atoms with Gasteiger partial charge in [-0.3, -0.25) is 4.79 Å². The maximum absolute atomic E-state index is 11.9. The maximum Gasteiger partial charge on any atom is 0.337 e. The molecule has 0 aliphatic rings. The second-order valence-electron chi connectivity index (χ2n) is 5.92. The summed E-state index contributed by atoms with van der Waals surface area (Å²) < 4.78 is 10.8. The van der Waals surface area contributed by atoms with E-state index in [0.29, 0.717) is 23.5 Å². The second kappa shape index (κ2) is 8.19. The SMILES string of the molecule is COC(=O)c1ccc(-c2cccc(C(N)=O)c2)c(OCc2ccccc2)c1. The number of primary amides is 1. The third-order valence-corrected chi connectivity index (χ3v) is 4.10. The van der Waals surface area contributed by atoms with Crippen molar-refractivity contribution in [1.82, 2.24) is 0 Å². The maximum atomic E-state index is 11.9. The fourth-order valence-electron chi connectivity index (χ4n) is 2.70. The van der Waals surface area contributed by atoms with Crippen LogP contribution in [0.4, 0.5) is 0 Å².